The molecule has 1 unspecified atom stereocenters. The van der Waals surface area contributed by atoms with E-state index in [1.54, 1.807) is 16.4 Å². The van der Waals surface area contributed by atoms with Crippen molar-refractivity contribution in [2.24, 2.45) is 0 Å². The van der Waals surface area contributed by atoms with Crippen LogP contribution in [-0.4, -0.2) is 39.0 Å². The zero-order valence-electron chi connectivity index (χ0n) is 10.6. The molecule has 96 valence electrons. The van der Waals surface area contributed by atoms with Crippen molar-refractivity contribution in [1.82, 2.24) is 25.5 Å². The first-order chi connectivity index (χ1) is 8.85. The van der Waals surface area contributed by atoms with E-state index in [0.717, 1.165) is 23.0 Å². The molecule has 0 saturated carbocycles. The summed E-state index contributed by atoms with van der Waals surface area (Å²) in [4.78, 5) is 0. The highest BCUT2D eigenvalue weighted by Crippen LogP contribution is 2.19. The minimum atomic E-state index is 0.482. The van der Waals surface area contributed by atoms with Crippen LogP contribution in [0.2, 0.25) is 0 Å². The van der Waals surface area contributed by atoms with Gasteiger partial charge in [0.25, 0.3) is 0 Å². The van der Waals surface area contributed by atoms with E-state index < -0.39 is 0 Å². The van der Waals surface area contributed by atoms with Crippen LogP contribution < -0.4 is 5.32 Å². The summed E-state index contributed by atoms with van der Waals surface area (Å²) in [5.74, 6) is 0.959. The lowest BCUT2D eigenvalue weighted by Gasteiger charge is -2.12. The zero-order valence-corrected chi connectivity index (χ0v) is 11.4. The van der Waals surface area contributed by atoms with Crippen molar-refractivity contribution in [2.75, 3.05) is 12.8 Å². The molecule has 0 aliphatic carbocycles. The number of rotatable bonds is 6. The monoisotopic (exact) mass is 263 g/mol. The summed E-state index contributed by atoms with van der Waals surface area (Å²) in [5, 5.41) is 16.0. The second-order valence-corrected chi connectivity index (χ2v) is 4.90. The predicted molar refractivity (Wildman–Crippen MR) is 73.0 cm³/mol. The van der Waals surface area contributed by atoms with Gasteiger partial charge in [0, 0.05) is 11.8 Å². The van der Waals surface area contributed by atoms with Gasteiger partial charge in [0.05, 0.1) is 5.69 Å². The highest BCUT2D eigenvalue weighted by atomic mass is 32.2. The molecule has 1 atom stereocenters. The first-order valence-electron chi connectivity index (χ1n) is 5.99. The van der Waals surface area contributed by atoms with E-state index >= 15 is 0 Å². The number of tetrazole rings is 1. The van der Waals surface area contributed by atoms with Gasteiger partial charge in [-0.15, -0.1) is 5.10 Å². The number of nitrogens with one attached hydrogen (secondary N) is 1. The van der Waals surface area contributed by atoms with Gasteiger partial charge in [0.2, 0.25) is 5.16 Å². The molecule has 18 heavy (non-hydrogen) atoms. The smallest absolute Gasteiger partial charge is 0.214 e. The molecule has 5 nitrogen and oxygen atoms in total. The second-order valence-electron chi connectivity index (χ2n) is 3.91. The summed E-state index contributed by atoms with van der Waals surface area (Å²) >= 11 is 1.67. The lowest BCUT2D eigenvalue weighted by Crippen LogP contribution is -2.26. The highest BCUT2D eigenvalue weighted by molar-refractivity contribution is 7.99. The van der Waals surface area contributed by atoms with Crippen LogP contribution in [0.5, 0.6) is 0 Å². The van der Waals surface area contributed by atoms with Gasteiger partial charge >= 0.3 is 0 Å². The molecular weight excluding hydrogens is 246 g/mol. The van der Waals surface area contributed by atoms with Crippen LogP contribution in [0.1, 0.15) is 13.3 Å². The lowest BCUT2D eigenvalue weighted by molar-refractivity contribution is 0.600. The fraction of sp³-hybridized carbons (Fsp3) is 0.417. The number of para-hydroxylation sites is 1. The average molecular weight is 263 g/mol. The first-order valence-corrected chi connectivity index (χ1v) is 6.97. The Morgan fingerprint density at radius 1 is 1.33 bits per heavy atom. The van der Waals surface area contributed by atoms with Crippen molar-refractivity contribution >= 4 is 11.8 Å². The Balaban J connectivity index is 2.09. The van der Waals surface area contributed by atoms with E-state index in [1.165, 1.54) is 0 Å². The zero-order chi connectivity index (χ0) is 12.8. The number of nitrogens with zero attached hydrogens (tertiary/aromatic N) is 4. The van der Waals surface area contributed by atoms with Gasteiger partial charge in [0.15, 0.2) is 0 Å². The van der Waals surface area contributed by atoms with E-state index in [2.05, 4.69) is 27.8 Å². The molecule has 1 N–H and O–H groups in total. The number of thioether (sulfide) groups is 1. The van der Waals surface area contributed by atoms with Crippen LogP contribution in [0, 0.1) is 0 Å². The van der Waals surface area contributed by atoms with Gasteiger partial charge in [-0.1, -0.05) is 36.9 Å². The maximum atomic E-state index is 4.07. The maximum Gasteiger partial charge on any atom is 0.214 e. The Kier molecular flexibility index (Phi) is 4.72. The molecule has 1 aromatic heterocycles. The third kappa shape index (κ3) is 3.08. The first kappa shape index (κ1) is 13.0. The molecular formula is C12H17N5S. The summed E-state index contributed by atoms with van der Waals surface area (Å²) in [6.07, 6.45) is 1.09. The average Bonchev–Trinajstić information content (AvgIpc) is 2.89. The number of aromatic nitrogens is 4. The minimum absolute atomic E-state index is 0.482. The summed E-state index contributed by atoms with van der Waals surface area (Å²) in [7, 11) is 1.98. The second kappa shape index (κ2) is 6.51. The normalized spacial score (nSPS) is 12.6. The molecule has 0 bridgehead atoms. The molecule has 0 aliphatic heterocycles. The molecule has 0 amide bonds. The third-order valence-electron chi connectivity index (χ3n) is 2.76. The van der Waals surface area contributed by atoms with E-state index in [1.807, 2.05) is 37.4 Å². The van der Waals surface area contributed by atoms with Crippen LogP contribution in [0.15, 0.2) is 35.5 Å². The minimum Gasteiger partial charge on any atom is -0.316 e. The van der Waals surface area contributed by atoms with Gasteiger partial charge in [-0.2, -0.15) is 4.68 Å². The Morgan fingerprint density at radius 3 is 2.78 bits per heavy atom. The Hall–Kier alpha value is -1.40. The summed E-state index contributed by atoms with van der Waals surface area (Å²) < 4.78 is 1.77. The summed E-state index contributed by atoms with van der Waals surface area (Å²) in [6.45, 7) is 2.17. The topological polar surface area (TPSA) is 55.6 Å². The van der Waals surface area contributed by atoms with Crippen molar-refractivity contribution in [2.45, 2.75) is 24.5 Å². The fourth-order valence-corrected chi connectivity index (χ4v) is 2.69. The molecule has 2 aromatic rings. The Labute approximate surface area is 111 Å². The van der Waals surface area contributed by atoms with E-state index in [4.69, 9.17) is 0 Å². The Morgan fingerprint density at radius 2 is 2.11 bits per heavy atom. The number of benzene rings is 1. The third-order valence-corrected chi connectivity index (χ3v) is 3.84. The van der Waals surface area contributed by atoms with Crippen LogP contribution in [0.25, 0.3) is 5.69 Å². The lowest BCUT2D eigenvalue weighted by atomic mass is 10.3. The molecule has 6 heteroatoms. The fourth-order valence-electron chi connectivity index (χ4n) is 1.58. The number of hydrogen-bond donors (Lipinski definition) is 1. The van der Waals surface area contributed by atoms with Crippen LogP contribution >= 0.6 is 11.8 Å². The largest absolute Gasteiger partial charge is 0.316 e. The van der Waals surface area contributed by atoms with Crippen LogP contribution in [0.3, 0.4) is 0 Å². The number of hydrogen-bond acceptors (Lipinski definition) is 5. The summed E-state index contributed by atoms with van der Waals surface area (Å²) in [5.41, 5.74) is 0.988. The maximum absolute atomic E-state index is 4.07. The van der Waals surface area contributed by atoms with Crippen molar-refractivity contribution < 1.29 is 0 Å². The molecule has 0 aliphatic rings. The molecule has 1 aromatic carbocycles. The standard InChI is InChI=1S/C12H17N5S/c1-3-10(13-2)9-18-12-14-15-16-17(12)11-7-5-4-6-8-11/h4-8,10,13H,3,9H2,1-2H3. The predicted octanol–water partition coefficient (Wildman–Crippen LogP) is 1.75. The molecule has 2 rings (SSSR count). The molecule has 0 saturated heterocycles. The van der Waals surface area contributed by atoms with Crippen molar-refractivity contribution in [1.29, 1.82) is 0 Å². The SMILES string of the molecule is CCC(CSc1nnnn1-c1ccccc1)NC. The van der Waals surface area contributed by atoms with Crippen molar-refractivity contribution in [3.8, 4) is 5.69 Å². The Bertz CT molecular complexity index is 466. The molecule has 1 heterocycles. The molecule has 0 fully saturated rings. The van der Waals surface area contributed by atoms with Gasteiger partial charge in [0.1, 0.15) is 0 Å². The highest BCUT2D eigenvalue weighted by Gasteiger charge is 2.11. The van der Waals surface area contributed by atoms with E-state index in [-0.39, 0.29) is 0 Å². The van der Waals surface area contributed by atoms with Gasteiger partial charge in [-0.25, -0.2) is 0 Å². The van der Waals surface area contributed by atoms with E-state index in [9.17, 15) is 0 Å². The van der Waals surface area contributed by atoms with Crippen LogP contribution in [0.4, 0.5) is 0 Å². The van der Waals surface area contributed by atoms with Gasteiger partial charge < -0.3 is 5.32 Å². The molecule has 0 radical (unpaired) electrons. The van der Waals surface area contributed by atoms with Gasteiger partial charge in [-0.3, -0.25) is 0 Å². The quantitative estimate of drug-likeness (QED) is 0.805. The summed E-state index contributed by atoms with van der Waals surface area (Å²) in [6, 6.07) is 10.4. The van der Waals surface area contributed by atoms with Crippen molar-refractivity contribution in [3.05, 3.63) is 30.3 Å². The van der Waals surface area contributed by atoms with Crippen molar-refractivity contribution in [3.63, 3.8) is 0 Å². The molecule has 0 spiro atoms. The van der Waals surface area contributed by atoms with Gasteiger partial charge in [-0.05, 0) is 36.0 Å². The van der Waals surface area contributed by atoms with Crippen LogP contribution in [-0.2, 0) is 0 Å². The van der Waals surface area contributed by atoms with E-state index in [0.29, 0.717) is 6.04 Å².